The Kier molecular flexibility index (Phi) is 1.92. The number of thiophene rings is 1. The lowest BCUT2D eigenvalue weighted by Gasteiger charge is -2.05. The molecule has 11 heavy (non-hydrogen) atoms. The third kappa shape index (κ3) is 1.44. The van der Waals surface area contributed by atoms with Crippen LogP contribution in [0.3, 0.4) is 0 Å². The zero-order valence-corrected chi connectivity index (χ0v) is 6.96. The largest absolute Gasteiger partial charge is 0.310 e. The molecule has 0 bridgehead atoms. The number of nitrogens with one attached hydrogen (secondary N) is 1. The molecule has 0 radical (unpaired) electrons. The van der Waals surface area contributed by atoms with Gasteiger partial charge in [0.25, 0.3) is 0 Å². The first-order chi connectivity index (χ1) is 5.36. The first kappa shape index (κ1) is 7.25. The van der Waals surface area contributed by atoms with Crippen LogP contribution in [-0.2, 0) is 0 Å². The van der Waals surface area contributed by atoms with E-state index in [9.17, 15) is 4.39 Å². The summed E-state index contributed by atoms with van der Waals surface area (Å²) in [4.78, 5) is 0. The summed E-state index contributed by atoms with van der Waals surface area (Å²) in [5, 5.41) is 5.15. The van der Waals surface area contributed by atoms with Gasteiger partial charge in [-0.1, -0.05) is 0 Å². The minimum atomic E-state index is -0.0753. The summed E-state index contributed by atoms with van der Waals surface area (Å²) in [6.07, 6.45) is 2.36. The third-order valence-corrected chi connectivity index (χ3v) is 2.78. The Labute approximate surface area is 69.2 Å². The third-order valence-electron chi connectivity index (χ3n) is 2.05. The molecule has 0 saturated carbocycles. The van der Waals surface area contributed by atoms with Crippen molar-refractivity contribution in [3.05, 3.63) is 22.1 Å². The van der Waals surface area contributed by atoms with Crippen molar-refractivity contribution in [2.24, 2.45) is 0 Å². The predicted molar refractivity (Wildman–Crippen MR) is 44.3 cm³/mol. The summed E-state index contributed by atoms with van der Waals surface area (Å²) in [5.41, 5.74) is 1.12. The summed E-state index contributed by atoms with van der Waals surface area (Å²) in [6.45, 7) is 1.07. The van der Waals surface area contributed by atoms with E-state index in [0.29, 0.717) is 6.04 Å². The standard InChI is InChI=1S/C8H10FNS/c9-8-4-6(5-11-8)7-2-1-3-10-7/h4-5,7,10H,1-3H2/t7-/m0/s1. The summed E-state index contributed by atoms with van der Waals surface area (Å²) < 4.78 is 12.6. The molecule has 1 fully saturated rings. The Morgan fingerprint density at radius 3 is 3.09 bits per heavy atom. The van der Waals surface area contributed by atoms with Crippen LogP contribution in [0.15, 0.2) is 11.4 Å². The van der Waals surface area contributed by atoms with Crippen LogP contribution in [0.25, 0.3) is 0 Å². The van der Waals surface area contributed by atoms with Crippen molar-refractivity contribution in [2.75, 3.05) is 6.54 Å². The molecule has 1 aromatic heterocycles. The van der Waals surface area contributed by atoms with Crippen molar-refractivity contribution in [3.8, 4) is 0 Å². The van der Waals surface area contributed by atoms with Crippen LogP contribution in [0.2, 0.25) is 0 Å². The average molecular weight is 171 g/mol. The van der Waals surface area contributed by atoms with Gasteiger partial charge in [0.1, 0.15) is 0 Å². The van der Waals surface area contributed by atoms with E-state index in [1.807, 2.05) is 5.38 Å². The van der Waals surface area contributed by atoms with E-state index in [1.165, 1.54) is 17.8 Å². The molecule has 1 nitrogen and oxygen atoms in total. The summed E-state index contributed by atoms with van der Waals surface area (Å²) in [6, 6.07) is 2.05. The maximum atomic E-state index is 12.6. The predicted octanol–water partition coefficient (Wildman–Crippen LogP) is 2.31. The minimum absolute atomic E-state index is 0.0753. The fourth-order valence-electron chi connectivity index (χ4n) is 1.48. The lowest BCUT2D eigenvalue weighted by Crippen LogP contribution is -2.11. The fourth-order valence-corrected chi connectivity index (χ4v) is 2.16. The van der Waals surface area contributed by atoms with Gasteiger partial charge in [-0.15, -0.1) is 11.3 Å². The zero-order chi connectivity index (χ0) is 7.68. The molecule has 60 valence electrons. The molecule has 3 heteroatoms. The molecular formula is C8H10FNS. The van der Waals surface area contributed by atoms with E-state index in [0.717, 1.165) is 18.5 Å². The molecule has 0 aliphatic carbocycles. The van der Waals surface area contributed by atoms with Gasteiger partial charge >= 0.3 is 0 Å². The van der Waals surface area contributed by atoms with Gasteiger partial charge in [-0.25, -0.2) is 0 Å². The van der Waals surface area contributed by atoms with E-state index in [2.05, 4.69) is 5.32 Å². The van der Waals surface area contributed by atoms with Gasteiger partial charge in [0.05, 0.1) is 0 Å². The molecule has 1 atom stereocenters. The van der Waals surface area contributed by atoms with Gasteiger partial charge in [-0.2, -0.15) is 4.39 Å². The van der Waals surface area contributed by atoms with Crippen molar-refractivity contribution in [1.82, 2.24) is 5.32 Å². The van der Waals surface area contributed by atoms with E-state index < -0.39 is 0 Å². The molecule has 1 aliphatic heterocycles. The lowest BCUT2D eigenvalue weighted by molar-refractivity contribution is 0.631. The highest BCUT2D eigenvalue weighted by molar-refractivity contribution is 7.08. The van der Waals surface area contributed by atoms with Gasteiger partial charge in [0.15, 0.2) is 5.13 Å². The topological polar surface area (TPSA) is 12.0 Å². The number of hydrogen-bond donors (Lipinski definition) is 1. The van der Waals surface area contributed by atoms with Gasteiger partial charge in [0, 0.05) is 6.04 Å². The highest BCUT2D eigenvalue weighted by Crippen LogP contribution is 2.26. The minimum Gasteiger partial charge on any atom is -0.310 e. The van der Waals surface area contributed by atoms with Gasteiger partial charge in [-0.3, -0.25) is 0 Å². The number of hydrogen-bond acceptors (Lipinski definition) is 2. The second-order valence-electron chi connectivity index (χ2n) is 2.83. The summed E-state index contributed by atoms with van der Waals surface area (Å²) in [5.74, 6) is 0. The maximum absolute atomic E-state index is 12.6. The Hall–Kier alpha value is -0.410. The van der Waals surface area contributed by atoms with Crippen LogP contribution in [0.4, 0.5) is 4.39 Å². The molecule has 2 rings (SSSR count). The number of halogens is 1. The van der Waals surface area contributed by atoms with Crippen LogP contribution >= 0.6 is 11.3 Å². The molecule has 1 aliphatic rings. The van der Waals surface area contributed by atoms with Gasteiger partial charge in [0.2, 0.25) is 0 Å². The van der Waals surface area contributed by atoms with E-state index in [-0.39, 0.29) is 5.13 Å². The van der Waals surface area contributed by atoms with Crippen LogP contribution in [0.1, 0.15) is 24.4 Å². The Balaban J connectivity index is 2.15. The monoisotopic (exact) mass is 171 g/mol. The van der Waals surface area contributed by atoms with Crippen LogP contribution < -0.4 is 5.32 Å². The Morgan fingerprint density at radius 2 is 2.55 bits per heavy atom. The smallest absolute Gasteiger partial charge is 0.176 e. The first-order valence-electron chi connectivity index (χ1n) is 3.83. The fraction of sp³-hybridized carbons (Fsp3) is 0.500. The highest BCUT2D eigenvalue weighted by atomic mass is 32.1. The average Bonchev–Trinajstić information content (AvgIpc) is 2.55. The molecule has 0 spiro atoms. The van der Waals surface area contributed by atoms with Crippen LogP contribution in [0.5, 0.6) is 0 Å². The molecule has 1 aromatic rings. The first-order valence-corrected chi connectivity index (χ1v) is 4.71. The molecule has 1 saturated heterocycles. The SMILES string of the molecule is Fc1cc([C@@H]2CCCN2)cs1. The molecule has 2 heterocycles. The zero-order valence-electron chi connectivity index (χ0n) is 6.14. The van der Waals surface area contributed by atoms with Crippen LogP contribution in [-0.4, -0.2) is 6.54 Å². The quantitative estimate of drug-likeness (QED) is 0.683. The van der Waals surface area contributed by atoms with Gasteiger partial charge < -0.3 is 5.32 Å². The van der Waals surface area contributed by atoms with Crippen molar-refractivity contribution in [2.45, 2.75) is 18.9 Å². The Morgan fingerprint density at radius 1 is 1.64 bits per heavy atom. The second-order valence-corrected chi connectivity index (χ2v) is 3.69. The summed E-state index contributed by atoms with van der Waals surface area (Å²) in [7, 11) is 0. The lowest BCUT2D eigenvalue weighted by atomic mass is 10.1. The van der Waals surface area contributed by atoms with Gasteiger partial charge in [-0.05, 0) is 36.4 Å². The van der Waals surface area contributed by atoms with Crippen molar-refractivity contribution in [3.63, 3.8) is 0 Å². The molecule has 1 N–H and O–H groups in total. The maximum Gasteiger partial charge on any atom is 0.176 e. The highest BCUT2D eigenvalue weighted by Gasteiger charge is 2.16. The molecule has 0 amide bonds. The van der Waals surface area contributed by atoms with Crippen molar-refractivity contribution in [1.29, 1.82) is 0 Å². The normalized spacial score (nSPS) is 24.3. The summed E-state index contributed by atoms with van der Waals surface area (Å²) >= 11 is 1.18. The van der Waals surface area contributed by atoms with E-state index >= 15 is 0 Å². The van der Waals surface area contributed by atoms with Crippen LogP contribution in [0, 0.1) is 5.13 Å². The molecule has 0 unspecified atom stereocenters. The van der Waals surface area contributed by atoms with Crippen molar-refractivity contribution >= 4 is 11.3 Å². The molecular weight excluding hydrogens is 161 g/mol. The van der Waals surface area contributed by atoms with E-state index in [1.54, 1.807) is 6.07 Å². The molecule has 0 aromatic carbocycles. The Bertz CT molecular complexity index is 240. The van der Waals surface area contributed by atoms with Crippen molar-refractivity contribution < 1.29 is 4.39 Å². The number of rotatable bonds is 1. The second kappa shape index (κ2) is 2.91. The van der Waals surface area contributed by atoms with E-state index in [4.69, 9.17) is 0 Å².